The molecule has 1 saturated heterocycles. The lowest BCUT2D eigenvalue weighted by molar-refractivity contribution is -0.139. The zero-order valence-electron chi connectivity index (χ0n) is 21.5. The van der Waals surface area contributed by atoms with Gasteiger partial charge in [0, 0.05) is 56.2 Å². The summed E-state index contributed by atoms with van der Waals surface area (Å²) in [7, 11) is 3.67. The van der Waals surface area contributed by atoms with Crippen LogP contribution in [0.15, 0.2) is 48.9 Å². The van der Waals surface area contributed by atoms with E-state index in [1.165, 1.54) is 10.7 Å². The van der Waals surface area contributed by atoms with Gasteiger partial charge in [-0.15, -0.1) is 5.10 Å². The number of alkyl halides is 3. The zero-order chi connectivity index (χ0) is 27.9. The van der Waals surface area contributed by atoms with Crippen LogP contribution in [0, 0.1) is 12.7 Å². The van der Waals surface area contributed by atoms with E-state index in [4.69, 9.17) is 0 Å². The van der Waals surface area contributed by atoms with Crippen LogP contribution in [0.1, 0.15) is 21.5 Å². The molecule has 5 rings (SSSR count). The predicted molar refractivity (Wildman–Crippen MR) is 137 cm³/mol. The van der Waals surface area contributed by atoms with Gasteiger partial charge in [0.05, 0.1) is 29.3 Å². The number of carbonyl (C=O) groups excluding carboxylic acids is 1. The molecule has 0 radical (unpaired) electrons. The Morgan fingerprint density at radius 3 is 2.41 bits per heavy atom. The maximum Gasteiger partial charge on any atom is 0.419 e. The molecule has 1 fully saturated rings. The molecule has 3 heterocycles. The highest BCUT2D eigenvalue weighted by Crippen LogP contribution is 2.38. The van der Waals surface area contributed by atoms with E-state index >= 15 is 0 Å². The minimum atomic E-state index is -4.93. The lowest BCUT2D eigenvalue weighted by Crippen LogP contribution is -2.45. The second kappa shape index (κ2) is 10.1. The molecular weight excluding hydrogens is 516 g/mol. The predicted octanol–water partition coefficient (Wildman–Crippen LogP) is 4.14. The van der Waals surface area contributed by atoms with Crippen LogP contribution < -0.4 is 10.2 Å². The standard InChI is InChI=1S/C26H26F4N8O/c1-16-4-5-17(10-22(16)38-15-21(33-34-38)18-13-31-36(3)14-18)25(39)32-19-11-20(26(28,29)30)24(27)23(12-19)37-8-6-35(2)7-9-37/h4-5,10-15H,6-9H2,1-3H3,(H,32,39). The van der Waals surface area contributed by atoms with Crippen LogP contribution in [0.4, 0.5) is 28.9 Å². The van der Waals surface area contributed by atoms with Gasteiger partial charge in [0.25, 0.3) is 5.91 Å². The van der Waals surface area contributed by atoms with Gasteiger partial charge in [-0.2, -0.15) is 18.3 Å². The van der Waals surface area contributed by atoms with E-state index in [0.717, 1.165) is 11.1 Å². The fourth-order valence-electron chi connectivity index (χ4n) is 4.43. The molecule has 204 valence electrons. The molecule has 13 heteroatoms. The Bertz CT molecular complexity index is 1520. The van der Waals surface area contributed by atoms with Crippen LogP contribution in [-0.2, 0) is 13.2 Å². The number of nitrogens with one attached hydrogen (secondary N) is 1. The van der Waals surface area contributed by atoms with Gasteiger partial charge in [0.1, 0.15) is 5.69 Å². The summed E-state index contributed by atoms with van der Waals surface area (Å²) >= 11 is 0. The number of likely N-dealkylation sites (N-methyl/N-ethyl adjacent to an activating group) is 1. The first-order chi connectivity index (χ1) is 18.5. The van der Waals surface area contributed by atoms with Gasteiger partial charge in [0.2, 0.25) is 0 Å². The van der Waals surface area contributed by atoms with Crippen LogP contribution >= 0.6 is 0 Å². The second-order valence-electron chi connectivity index (χ2n) is 9.55. The molecule has 0 aliphatic carbocycles. The van der Waals surface area contributed by atoms with Gasteiger partial charge in [0.15, 0.2) is 5.82 Å². The normalized spacial score (nSPS) is 14.6. The number of halogens is 4. The van der Waals surface area contributed by atoms with Crippen molar-refractivity contribution in [1.29, 1.82) is 0 Å². The average molecular weight is 543 g/mol. The van der Waals surface area contributed by atoms with Gasteiger partial charge in [-0.3, -0.25) is 9.48 Å². The molecule has 9 nitrogen and oxygen atoms in total. The molecule has 0 unspecified atom stereocenters. The van der Waals surface area contributed by atoms with Crippen LogP contribution in [0.3, 0.4) is 0 Å². The van der Waals surface area contributed by atoms with Gasteiger partial charge in [-0.05, 0) is 43.8 Å². The summed E-state index contributed by atoms with van der Waals surface area (Å²) in [5.41, 5.74) is 1.14. The number of anilines is 2. The first-order valence-corrected chi connectivity index (χ1v) is 12.2. The van der Waals surface area contributed by atoms with Crippen LogP contribution in [0.5, 0.6) is 0 Å². The lowest BCUT2D eigenvalue weighted by atomic mass is 10.1. The quantitative estimate of drug-likeness (QED) is 0.382. The number of carbonyl (C=O) groups is 1. The van der Waals surface area contributed by atoms with E-state index in [-0.39, 0.29) is 16.9 Å². The Morgan fingerprint density at radius 1 is 1.00 bits per heavy atom. The minimum Gasteiger partial charge on any atom is -0.367 e. The fourth-order valence-corrected chi connectivity index (χ4v) is 4.43. The first-order valence-electron chi connectivity index (χ1n) is 12.2. The average Bonchev–Trinajstić information content (AvgIpc) is 3.54. The first kappa shape index (κ1) is 26.4. The molecular formula is C26H26F4N8O. The van der Waals surface area contributed by atoms with Crippen molar-refractivity contribution in [3.8, 4) is 16.9 Å². The Balaban J connectivity index is 1.44. The van der Waals surface area contributed by atoms with E-state index in [2.05, 4.69) is 20.7 Å². The Morgan fingerprint density at radius 2 is 1.74 bits per heavy atom. The molecule has 39 heavy (non-hydrogen) atoms. The smallest absolute Gasteiger partial charge is 0.367 e. The highest BCUT2D eigenvalue weighted by molar-refractivity contribution is 6.05. The number of amides is 1. The number of piperazine rings is 1. The summed E-state index contributed by atoms with van der Waals surface area (Å²) in [6, 6.07) is 6.71. The largest absolute Gasteiger partial charge is 0.419 e. The van der Waals surface area contributed by atoms with Gasteiger partial charge in [-0.25, -0.2) is 9.07 Å². The summed E-state index contributed by atoms with van der Waals surface area (Å²) in [5, 5.41) is 15.0. The molecule has 2 aromatic heterocycles. The lowest BCUT2D eigenvalue weighted by Gasteiger charge is -2.34. The van der Waals surface area contributed by atoms with Crippen molar-refractivity contribution >= 4 is 17.3 Å². The topological polar surface area (TPSA) is 84.1 Å². The second-order valence-corrected chi connectivity index (χ2v) is 9.55. The molecule has 2 aromatic carbocycles. The zero-order valence-corrected chi connectivity index (χ0v) is 21.5. The Kier molecular flexibility index (Phi) is 6.85. The van der Waals surface area contributed by atoms with Crippen molar-refractivity contribution in [3.63, 3.8) is 0 Å². The van der Waals surface area contributed by atoms with Crippen LogP contribution in [0.2, 0.25) is 0 Å². The molecule has 0 bridgehead atoms. The molecule has 0 atom stereocenters. The van der Waals surface area contributed by atoms with E-state index in [1.807, 2.05) is 18.9 Å². The summed E-state index contributed by atoms with van der Waals surface area (Å²) in [5.74, 6) is -1.99. The van der Waals surface area contributed by atoms with Crippen molar-refractivity contribution in [1.82, 2.24) is 29.7 Å². The summed E-state index contributed by atoms with van der Waals surface area (Å²) in [6.07, 6.45) is 0.208. The number of aryl methyl sites for hydroxylation is 2. The molecule has 1 N–H and O–H groups in total. The third-order valence-electron chi connectivity index (χ3n) is 6.67. The maximum absolute atomic E-state index is 15.0. The molecule has 1 aliphatic rings. The number of hydrogen-bond donors (Lipinski definition) is 1. The number of hydrogen-bond acceptors (Lipinski definition) is 6. The summed E-state index contributed by atoms with van der Waals surface area (Å²) < 4.78 is 59.3. The molecule has 0 spiro atoms. The third-order valence-corrected chi connectivity index (χ3v) is 6.67. The summed E-state index contributed by atoms with van der Waals surface area (Å²) in [4.78, 5) is 16.7. The molecule has 1 amide bonds. The van der Waals surface area contributed by atoms with Crippen LogP contribution in [0.25, 0.3) is 16.9 Å². The van der Waals surface area contributed by atoms with Gasteiger partial charge >= 0.3 is 6.18 Å². The van der Waals surface area contributed by atoms with E-state index in [9.17, 15) is 22.4 Å². The summed E-state index contributed by atoms with van der Waals surface area (Å²) in [6.45, 7) is 3.72. The maximum atomic E-state index is 15.0. The van der Waals surface area contributed by atoms with E-state index < -0.39 is 23.5 Å². The molecule has 1 aliphatic heterocycles. The number of rotatable bonds is 5. The monoisotopic (exact) mass is 542 g/mol. The van der Waals surface area contributed by atoms with Crippen molar-refractivity contribution in [2.45, 2.75) is 13.1 Å². The number of benzene rings is 2. The fraction of sp³-hybridized carbons (Fsp3) is 0.308. The molecule has 4 aromatic rings. The third kappa shape index (κ3) is 5.48. The molecule has 0 saturated carbocycles. The van der Waals surface area contributed by atoms with Crippen molar-refractivity contribution in [2.24, 2.45) is 7.05 Å². The van der Waals surface area contributed by atoms with Crippen molar-refractivity contribution in [2.75, 3.05) is 43.4 Å². The van der Waals surface area contributed by atoms with Gasteiger partial charge in [-0.1, -0.05) is 11.3 Å². The number of nitrogens with zero attached hydrogens (tertiary/aromatic N) is 7. The Labute approximate surface area is 221 Å². The minimum absolute atomic E-state index is 0.149. The van der Waals surface area contributed by atoms with Crippen molar-refractivity contribution in [3.05, 3.63) is 71.4 Å². The SMILES string of the molecule is Cc1ccc(C(=O)Nc2cc(N3CCN(C)CC3)c(F)c(C(F)(F)F)c2)cc1-n1cc(-c2cnn(C)c2)nn1. The number of aromatic nitrogens is 5. The van der Waals surface area contributed by atoms with Crippen LogP contribution in [-0.4, -0.2) is 68.8 Å². The van der Waals surface area contributed by atoms with E-state index in [1.54, 1.807) is 53.4 Å². The highest BCUT2D eigenvalue weighted by Gasteiger charge is 2.37. The highest BCUT2D eigenvalue weighted by atomic mass is 19.4. The van der Waals surface area contributed by atoms with Gasteiger partial charge < -0.3 is 15.1 Å². The van der Waals surface area contributed by atoms with Crippen molar-refractivity contribution < 1.29 is 22.4 Å². The Hall–Kier alpha value is -4.26. The van der Waals surface area contributed by atoms with E-state index in [0.29, 0.717) is 43.6 Å².